The van der Waals surface area contributed by atoms with Crippen LogP contribution in [0.4, 0.5) is 0 Å². The number of rotatable bonds is 8. The van der Waals surface area contributed by atoms with Crippen molar-refractivity contribution in [3.63, 3.8) is 0 Å². The molecule has 1 aliphatic rings. The van der Waals surface area contributed by atoms with E-state index in [9.17, 15) is 0 Å². The molecule has 0 saturated heterocycles. The van der Waals surface area contributed by atoms with Crippen LogP contribution in [0, 0.1) is 0 Å². The molecule has 0 radical (unpaired) electrons. The van der Waals surface area contributed by atoms with Crippen LogP contribution in [0.15, 0.2) is 17.7 Å². The average molecular weight is 288 g/mol. The summed E-state index contributed by atoms with van der Waals surface area (Å²) >= 11 is 0. The Bertz CT molecular complexity index is 488. The minimum absolute atomic E-state index is 0.949. The number of aryl methyl sites for hydroxylation is 1. The maximum atomic E-state index is 2.51. The highest BCUT2D eigenvalue weighted by atomic mass is 31.0. The zero-order valence-electron chi connectivity index (χ0n) is 13.4. The lowest BCUT2D eigenvalue weighted by atomic mass is 9.98. The molecule has 0 bridgehead atoms. The maximum absolute atomic E-state index is 2.51. The molecule has 0 fully saturated rings. The van der Waals surface area contributed by atoms with E-state index in [1.165, 1.54) is 51.4 Å². The lowest BCUT2D eigenvalue weighted by Crippen LogP contribution is -1.86. The van der Waals surface area contributed by atoms with Gasteiger partial charge in [0.1, 0.15) is 0 Å². The van der Waals surface area contributed by atoms with Crippen molar-refractivity contribution in [3.8, 4) is 0 Å². The zero-order valence-corrected chi connectivity index (χ0v) is 14.4. The Hall–Kier alpha value is -0.740. The van der Waals surface area contributed by atoms with Gasteiger partial charge in [0.15, 0.2) is 0 Å². The zero-order chi connectivity index (χ0) is 14.4. The van der Waals surface area contributed by atoms with Crippen LogP contribution in [0.3, 0.4) is 0 Å². The molecular formula is C19H29P. The normalized spacial score (nSPS) is 16.1. The molecule has 0 nitrogen and oxygen atoms in total. The first-order valence-electron chi connectivity index (χ1n) is 8.43. The molecule has 0 aliphatic heterocycles. The quantitative estimate of drug-likeness (QED) is 0.491. The van der Waals surface area contributed by atoms with Crippen LogP contribution in [0.25, 0.3) is 11.6 Å². The molecule has 0 saturated carbocycles. The van der Waals surface area contributed by atoms with E-state index < -0.39 is 0 Å². The summed E-state index contributed by atoms with van der Waals surface area (Å²) in [5.41, 5.74) is 4.77. The Morgan fingerprint density at radius 2 is 1.75 bits per heavy atom. The van der Waals surface area contributed by atoms with E-state index >= 15 is 0 Å². The maximum Gasteiger partial charge on any atom is -0.000660 e. The van der Waals surface area contributed by atoms with E-state index in [4.69, 9.17) is 0 Å². The fourth-order valence-corrected chi connectivity index (χ4v) is 4.35. The summed E-state index contributed by atoms with van der Waals surface area (Å²) in [7, 11) is 0.949. The van der Waals surface area contributed by atoms with Gasteiger partial charge in [0.2, 0.25) is 0 Å². The SMILES string of the molecule is CCC/C=C1\C(CCCC)=Cc2[pH]c(CCCC)cc21. The number of allylic oxidation sites excluding steroid dienone is 3. The molecule has 20 heavy (non-hydrogen) atoms. The average Bonchev–Trinajstić information content (AvgIpc) is 2.98. The monoisotopic (exact) mass is 288 g/mol. The minimum Gasteiger partial charge on any atom is -0.128 e. The van der Waals surface area contributed by atoms with Gasteiger partial charge in [-0.1, -0.05) is 46.1 Å². The number of hydrogen-bond donors (Lipinski definition) is 0. The van der Waals surface area contributed by atoms with Gasteiger partial charge in [-0.2, -0.15) is 0 Å². The standard InChI is InChI=1S/C19H29P/c1-4-7-10-15-13-19-18(17(15)12-9-6-3)14-16(20-19)11-8-5-2/h12-14,20H,4-11H2,1-3H3/b17-12+. The second-order valence-corrected chi connectivity index (χ2v) is 7.34. The molecule has 1 aromatic rings. The Morgan fingerprint density at radius 3 is 2.45 bits per heavy atom. The Morgan fingerprint density at radius 1 is 1.00 bits per heavy atom. The third-order valence-electron chi connectivity index (χ3n) is 4.10. The lowest BCUT2D eigenvalue weighted by molar-refractivity contribution is 0.802. The van der Waals surface area contributed by atoms with Crippen molar-refractivity contribution in [2.75, 3.05) is 0 Å². The first-order chi connectivity index (χ1) is 9.80. The van der Waals surface area contributed by atoms with E-state index in [-0.39, 0.29) is 0 Å². The number of unbranched alkanes of at least 4 members (excludes halogenated alkanes) is 3. The second-order valence-electron chi connectivity index (χ2n) is 5.91. The fourth-order valence-electron chi connectivity index (χ4n) is 2.90. The van der Waals surface area contributed by atoms with Gasteiger partial charge in [0, 0.05) is 0 Å². The molecular weight excluding hydrogens is 259 g/mol. The Kier molecular flexibility index (Phi) is 6.17. The second kappa shape index (κ2) is 7.89. The van der Waals surface area contributed by atoms with Crippen molar-refractivity contribution in [2.24, 2.45) is 0 Å². The van der Waals surface area contributed by atoms with E-state index in [0.29, 0.717) is 0 Å². The van der Waals surface area contributed by atoms with Crippen molar-refractivity contribution >= 4 is 19.8 Å². The third-order valence-corrected chi connectivity index (χ3v) is 5.49. The molecule has 1 atom stereocenters. The molecule has 0 N–H and O–H groups in total. The molecule has 0 aromatic carbocycles. The van der Waals surface area contributed by atoms with Crippen molar-refractivity contribution in [3.05, 3.63) is 33.9 Å². The van der Waals surface area contributed by atoms with Gasteiger partial charge >= 0.3 is 0 Å². The fraction of sp³-hybridized carbons (Fsp3) is 0.579. The van der Waals surface area contributed by atoms with Gasteiger partial charge in [0.05, 0.1) is 0 Å². The molecule has 110 valence electrons. The van der Waals surface area contributed by atoms with Gasteiger partial charge in [-0.25, -0.2) is 0 Å². The highest BCUT2D eigenvalue weighted by Crippen LogP contribution is 2.45. The van der Waals surface area contributed by atoms with Crippen LogP contribution in [0.2, 0.25) is 0 Å². The first-order valence-corrected chi connectivity index (χ1v) is 9.43. The van der Waals surface area contributed by atoms with Crippen LogP contribution in [-0.4, -0.2) is 0 Å². The van der Waals surface area contributed by atoms with E-state index in [1.54, 1.807) is 27.3 Å². The summed E-state index contributed by atoms with van der Waals surface area (Å²) in [5.74, 6) is 0. The van der Waals surface area contributed by atoms with Crippen LogP contribution in [0.1, 0.15) is 81.9 Å². The summed E-state index contributed by atoms with van der Waals surface area (Å²) in [5, 5.41) is 3.31. The summed E-state index contributed by atoms with van der Waals surface area (Å²) in [6.45, 7) is 6.85. The first kappa shape index (κ1) is 15.6. The lowest BCUT2D eigenvalue weighted by Gasteiger charge is -2.06. The predicted molar refractivity (Wildman–Crippen MR) is 94.9 cm³/mol. The van der Waals surface area contributed by atoms with Gasteiger partial charge in [-0.3, -0.25) is 0 Å². The van der Waals surface area contributed by atoms with Gasteiger partial charge in [0.25, 0.3) is 0 Å². The number of fused-ring (bicyclic) bond motifs is 1. The third kappa shape index (κ3) is 3.67. The van der Waals surface area contributed by atoms with Crippen molar-refractivity contribution in [1.82, 2.24) is 0 Å². The van der Waals surface area contributed by atoms with Gasteiger partial charge in [-0.05, 0) is 71.5 Å². The molecule has 1 unspecified atom stereocenters. The van der Waals surface area contributed by atoms with Crippen molar-refractivity contribution < 1.29 is 0 Å². The summed E-state index contributed by atoms with van der Waals surface area (Å²) in [6.07, 6.45) is 15.3. The molecule has 1 aliphatic carbocycles. The predicted octanol–water partition coefficient (Wildman–Crippen LogP) is 6.83. The van der Waals surface area contributed by atoms with Crippen molar-refractivity contribution in [2.45, 2.75) is 72.1 Å². The van der Waals surface area contributed by atoms with Crippen LogP contribution in [0.5, 0.6) is 0 Å². The van der Waals surface area contributed by atoms with Crippen LogP contribution in [-0.2, 0) is 6.42 Å². The molecule has 0 amide bonds. The van der Waals surface area contributed by atoms with E-state index in [0.717, 1.165) is 8.19 Å². The summed E-state index contributed by atoms with van der Waals surface area (Å²) in [4.78, 5) is 0. The topological polar surface area (TPSA) is 0 Å². The van der Waals surface area contributed by atoms with E-state index in [1.807, 2.05) is 0 Å². The van der Waals surface area contributed by atoms with Crippen LogP contribution < -0.4 is 0 Å². The van der Waals surface area contributed by atoms with Gasteiger partial charge in [-0.15, -0.1) is 8.19 Å². The van der Waals surface area contributed by atoms with Crippen molar-refractivity contribution in [1.29, 1.82) is 0 Å². The van der Waals surface area contributed by atoms with Crippen LogP contribution >= 0.6 is 8.19 Å². The molecule has 1 heterocycles. The van der Waals surface area contributed by atoms with Gasteiger partial charge < -0.3 is 0 Å². The molecule has 0 spiro atoms. The highest BCUT2D eigenvalue weighted by molar-refractivity contribution is 7.33. The Labute approximate surface area is 126 Å². The summed E-state index contributed by atoms with van der Waals surface area (Å²) < 4.78 is 0. The molecule has 1 aromatic heterocycles. The minimum atomic E-state index is 0.949. The Balaban J connectivity index is 2.20. The smallest absolute Gasteiger partial charge is 0.000660 e. The molecule has 2 rings (SSSR count). The summed E-state index contributed by atoms with van der Waals surface area (Å²) in [6, 6.07) is 2.51. The van der Waals surface area contributed by atoms with E-state index in [2.05, 4.69) is 39.0 Å². The highest BCUT2D eigenvalue weighted by Gasteiger charge is 2.20. The largest absolute Gasteiger partial charge is 0.128 e. The number of hydrogen-bond acceptors (Lipinski definition) is 0. The molecule has 1 heteroatoms.